The van der Waals surface area contributed by atoms with Crippen molar-refractivity contribution in [3.63, 3.8) is 0 Å². The summed E-state index contributed by atoms with van der Waals surface area (Å²) in [6.07, 6.45) is -2.51. The minimum Gasteiger partial charge on any atom is -1.00 e. The van der Waals surface area contributed by atoms with E-state index in [-0.39, 0.29) is 52.8 Å². The molecule has 0 radical (unpaired) electrons. The third-order valence-electron chi connectivity index (χ3n) is 0.811. The summed E-state index contributed by atoms with van der Waals surface area (Å²) >= 11 is 0. The molecule has 0 aliphatic carbocycles. The zero-order valence-corrected chi connectivity index (χ0v) is 9.54. The minimum atomic E-state index is -2.51. The second-order valence-electron chi connectivity index (χ2n) is 1.47. The van der Waals surface area contributed by atoms with Gasteiger partial charge in [-0.2, -0.15) is 0 Å². The fourth-order valence-corrected chi connectivity index (χ4v) is 0.355. The van der Waals surface area contributed by atoms with Crippen LogP contribution in [-0.4, -0.2) is 29.1 Å². The van der Waals surface area contributed by atoms with E-state index in [4.69, 9.17) is 0 Å². The van der Waals surface area contributed by atoms with Crippen molar-refractivity contribution < 1.29 is 72.2 Å². The number of carbonyl (C=O) groups excluding carboxylic acids is 1. The third-order valence-corrected chi connectivity index (χ3v) is 0.811. The van der Waals surface area contributed by atoms with Crippen molar-refractivity contribution in [1.82, 2.24) is 0 Å². The maximum absolute atomic E-state index is 10.3. The van der Waals surface area contributed by atoms with Crippen LogP contribution in [0.1, 0.15) is 1.43 Å². The summed E-state index contributed by atoms with van der Waals surface area (Å²) < 4.78 is 3.81. The maximum Gasteiger partial charge on any atom is 1.00 e. The van der Waals surface area contributed by atoms with Crippen LogP contribution in [0.4, 0.5) is 0 Å². The third kappa shape index (κ3) is 4.06. The van der Waals surface area contributed by atoms with Gasteiger partial charge in [0.25, 0.3) is 0 Å². The van der Waals surface area contributed by atoms with E-state index in [2.05, 4.69) is 4.74 Å². The van der Waals surface area contributed by atoms with Gasteiger partial charge >= 0.3 is 63.5 Å². The summed E-state index contributed by atoms with van der Waals surface area (Å²) in [5.74, 6) is -1.49. The van der Waals surface area contributed by atoms with Gasteiger partial charge < -0.3 is 6.16 Å². The first-order valence-electron chi connectivity index (χ1n) is 2.35. The maximum atomic E-state index is 10.3. The minimum absolute atomic E-state index is 0. The zero-order chi connectivity index (χ0) is 9.02. The van der Waals surface area contributed by atoms with Crippen molar-refractivity contribution in [3.05, 3.63) is 20.2 Å². The second kappa shape index (κ2) is 6.43. The van der Waals surface area contributed by atoms with Crippen LogP contribution in [0.25, 0.3) is 0 Å². The molecule has 0 N–H and O–H groups in total. The molecule has 0 unspecified atom stereocenters. The van der Waals surface area contributed by atoms with E-state index in [1.54, 1.807) is 0 Å². The predicted octanol–water partition coefficient (Wildman–Crippen LogP) is -3.84. The normalized spacial score (nSPS) is 8.50. The molecule has 0 aromatic heterocycles. The SMILES string of the molecule is COC(=O)C([N+](=O)[O-])[N+](=O)[O-].[H-].[K+]. The number of hydrogen-bond donors (Lipinski definition) is 0. The topological polar surface area (TPSA) is 113 Å². The van der Waals surface area contributed by atoms with Gasteiger partial charge in [0.1, 0.15) is 9.85 Å². The van der Waals surface area contributed by atoms with Gasteiger partial charge in [-0.05, 0) is 0 Å². The Morgan fingerprint density at radius 2 is 1.75 bits per heavy atom. The van der Waals surface area contributed by atoms with Gasteiger partial charge in [-0.3, -0.25) is 20.2 Å². The van der Waals surface area contributed by atoms with Gasteiger partial charge in [0.2, 0.25) is 0 Å². The van der Waals surface area contributed by atoms with E-state index < -0.39 is 22.0 Å². The number of rotatable bonds is 3. The van der Waals surface area contributed by atoms with Gasteiger partial charge in [-0.1, -0.05) is 0 Å². The van der Waals surface area contributed by atoms with E-state index in [9.17, 15) is 25.0 Å². The second-order valence-corrected chi connectivity index (χ2v) is 1.47. The average molecular weight is 204 g/mol. The van der Waals surface area contributed by atoms with E-state index in [1.165, 1.54) is 0 Å². The van der Waals surface area contributed by atoms with Crippen LogP contribution in [0.5, 0.6) is 0 Å². The number of hydrogen-bond acceptors (Lipinski definition) is 6. The summed E-state index contributed by atoms with van der Waals surface area (Å²) in [5, 5.41) is 19.6. The van der Waals surface area contributed by atoms with E-state index >= 15 is 0 Å². The van der Waals surface area contributed by atoms with Gasteiger partial charge in [-0.15, -0.1) is 0 Å². The molecule has 0 spiro atoms. The Labute approximate surface area is 110 Å². The van der Waals surface area contributed by atoms with Crippen LogP contribution in [0.3, 0.4) is 0 Å². The molecule has 0 fully saturated rings. The van der Waals surface area contributed by atoms with Crippen LogP contribution in [-0.2, 0) is 9.53 Å². The van der Waals surface area contributed by atoms with Gasteiger partial charge in [0, 0.05) is 0 Å². The molecule has 0 saturated heterocycles. The fraction of sp³-hybridized carbons (Fsp3) is 0.667. The monoisotopic (exact) mass is 204 g/mol. The van der Waals surface area contributed by atoms with Crippen molar-refractivity contribution in [1.29, 1.82) is 0 Å². The Bertz CT molecular complexity index is 196. The predicted molar refractivity (Wildman–Crippen MR) is 30.9 cm³/mol. The molecular weight excluding hydrogens is 199 g/mol. The summed E-state index contributed by atoms with van der Waals surface area (Å²) in [6.45, 7) is 0. The molecule has 0 aromatic rings. The van der Waals surface area contributed by atoms with Crippen molar-refractivity contribution >= 4 is 5.97 Å². The Kier molecular flexibility index (Phi) is 7.73. The van der Waals surface area contributed by atoms with Crippen molar-refractivity contribution in [2.75, 3.05) is 7.11 Å². The van der Waals surface area contributed by atoms with Crippen molar-refractivity contribution in [3.8, 4) is 0 Å². The molecule has 9 heteroatoms. The number of ether oxygens (including phenoxy) is 1. The first-order valence-corrected chi connectivity index (χ1v) is 2.35. The van der Waals surface area contributed by atoms with Crippen LogP contribution in [0.2, 0.25) is 0 Å². The van der Waals surface area contributed by atoms with Crippen LogP contribution < -0.4 is 51.4 Å². The molecule has 12 heavy (non-hydrogen) atoms. The number of nitro groups is 2. The van der Waals surface area contributed by atoms with Gasteiger partial charge in [0.05, 0.1) is 7.11 Å². The Hall–Kier alpha value is -0.0936. The Balaban J connectivity index is -0.000000500. The molecule has 8 nitrogen and oxygen atoms in total. The van der Waals surface area contributed by atoms with Crippen molar-refractivity contribution in [2.24, 2.45) is 0 Å². The molecule has 64 valence electrons. The zero-order valence-electron chi connectivity index (χ0n) is 7.42. The molecule has 0 heterocycles. The molecule has 0 atom stereocenters. The molecule has 0 bridgehead atoms. The number of esters is 1. The first-order chi connectivity index (χ1) is 5.00. The standard InChI is InChI=1S/C3H4N2O6.K.H/c1-11-3(6)2(4(7)8)5(9)10;;/h2H,1H3;;/q;+1;-1. The number of carbonyl (C=O) groups is 1. The summed E-state index contributed by atoms with van der Waals surface area (Å²) in [5.41, 5.74) is 0. The molecule has 0 aliphatic rings. The Morgan fingerprint density at radius 3 is 1.83 bits per heavy atom. The van der Waals surface area contributed by atoms with E-state index in [0.29, 0.717) is 0 Å². The van der Waals surface area contributed by atoms with E-state index in [1.807, 2.05) is 0 Å². The molecule has 0 aromatic carbocycles. The molecule has 0 saturated carbocycles. The average Bonchev–Trinajstić information content (AvgIpc) is 1.85. The van der Waals surface area contributed by atoms with Gasteiger partial charge in [-0.25, -0.2) is 4.79 Å². The van der Waals surface area contributed by atoms with Crippen molar-refractivity contribution in [2.45, 2.75) is 6.17 Å². The molecule has 0 rings (SSSR count). The quantitative estimate of drug-likeness (QED) is 0.153. The van der Waals surface area contributed by atoms with Gasteiger partial charge in [0.15, 0.2) is 0 Å². The largest absolute Gasteiger partial charge is 1.00 e. The summed E-state index contributed by atoms with van der Waals surface area (Å²) in [7, 11) is 0.836. The fourth-order valence-electron chi connectivity index (χ4n) is 0.355. The Morgan fingerprint density at radius 1 is 1.42 bits per heavy atom. The molecule has 0 aliphatic heterocycles. The van der Waals surface area contributed by atoms with Crippen LogP contribution in [0, 0.1) is 20.2 Å². The van der Waals surface area contributed by atoms with Crippen LogP contribution >= 0.6 is 0 Å². The molecular formula is C3H5KN2O6. The number of nitrogens with zero attached hydrogens (tertiary/aromatic N) is 2. The van der Waals surface area contributed by atoms with E-state index in [0.717, 1.165) is 7.11 Å². The first kappa shape index (κ1) is 14.4. The smallest absolute Gasteiger partial charge is 1.00 e. The summed E-state index contributed by atoms with van der Waals surface area (Å²) in [6, 6.07) is 0. The van der Waals surface area contributed by atoms with Crippen LogP contribution in [0.15, 0.2) is 0 Å². The summed E-state index contributed by atoms with van der Waals surface area (Å²) in [4.78, 5) is 27.2. The number of methoxy groups -OCH3 is 1. The molecule has 0 amide bonds.